The fourth-order valence-electron chi connectivity index (χ4n) is 2.09. The lowest BCUT2D eigenvalue weighted by Crippen LogP contribution is -2.52. The molecule has 19 heavy (non-hydrogen) atoms. The summed E-state index contributed by atoms with van der Waals surface area (Å²) in [7, 11) is 0. The highest BCUT2D eigenvalue weighted by Crippen LogP contribution is 2.16. The Morgan fingerprint density at radius 2 is 2.16 bits per heavy atom. The molecule has 0 radical (unpaired) electrons. The summed E-state index contributed by atoms with van der Waals surface area (Å²) >= 11 is 0. The van der Waals surface area contributed by atoms with Crippen LogP contribution < -0.4 is 16.6 Å². The molecule has 0 aliphatic carbocycles. The van der Waals surface area contributed by atoms with E-state index in [1.54, 1.807) is 12.1 Å². The van der Waals surface area contributed by atoms with Crippen molar-refractivity contribution in [3.05, 3.63) is 41.5 Å². The van der Waals surface area contributed by atoms with E-state index in [0.29, 0.717) is 12.0 Å². The molecule has 1 saturated heterocycles. The molecule has 0 saturated carbocycles. The smallest absolute Gasteiger partial charge is 0.249 e. The summed E-state index contributed by atoms with van der Waals surface area (Å²) in [5.41, 5.74) is 12.1. The molecule has 2 rings (SSSR count). The summed E-state index contributed by atoms with van der Waals surface area (Å²) in [6.07, 6.45) is 4.27. The number of amides is 2. The van der Waals surface area contributed by atoms with E-state index in [1.165, 1.54) is 0 Å². The van der Waals surface area contributed by atoms with E-state index >= 15 is 0 Å². The summed E-state index contributed by atoms with van der Waals surface area (Å²) < 4.78 is 0. The normalized spacial score (nSPS) is 23.3. The third-order valence-corrected chi connectivity index (χ3v) is 3.21. The molecule has 0 spiro atoms. The lowest BCUT2D eigenvalue weighted by atomic mass is 9.95. The number of benzene rings is 1. The number of carbonyl (C=O) groups excluding carboxylic acids is 2. The average molecular weight is 259 g/mol. The van der Waals surface area contributed by atoms with Crippen LogP contribution in [0.2, 0.25) is 0 Å². The molecule has 2 atom stereocenters. The van der Waals surface area contributed by atoms with Gasteiger partial charge in [-0.2, -0.15) is 0 Å². The van der Waals surface area contributed by atoms with Crippen molar-refractivity contribution >= 4 is 17.9 Å². The number of hydrogen-bond acceptors (Lipinski definition) is 3. The van der Waals surface area contributed by atoms with E-state index in [-0.39, 0.29) is 17.9 Å². The van der Waals surface area contributed by atoms with Crippen molar-refractivity contribution in [2.24, 2.45) is 11.7 Å². The van der Waals surface area contributed by atoms with Crippen molar-refractivity contribution in [2.75, 3.05) is 0 Å². The van der Waals surface area contributed by atoms with Gasteiger partial charge in [0.05, 0.1) is 0 Å². The lowest BCUT2D eigenvalue weighted by Gasteiger charge is -2.27. The third kappa shape index (κ3) is 3.20. The van der Waals surface area contributed by atoms with Gasteiger partial charge in [-0.25, -0.2) is 5.43 Å². The van der Waals surface area contributed by atoms with Crippen LogP contribution in [0.15, 0.2) is 30.3 Å². The van der Waals surface area contributed by atoms with Gasteiger partial charge in [-0.15, -0.1) is 0 Å². The molecular weight excluding hydrogens is 242 g/mol. The molecule has 1 fully saturated rings. The zero-order chi connectivity index (χ0) is 13.8. The van der Waals surface area contributed by atoms with E-state index in [9.17, 15) is 9.59 Å². The first-order chi connectivity index (χ1) is 9.08. The minimum absolute atomic E-state index is 0.00492. The molecule has 100 valence electrons. The number of rotatable bonds is 3. The lowest BCUT2D eigenvalue weighted by molar-refractivity contribution is -0.125. The molecule has 5 heteroatoms. The number of hydrazine groups is 1. The number of nitrogens with one attached hydrogen (secondary N) is 2. The Balaban J connectivity index is 2.15. The molecule has 1 heterocycles. The second kappa shape index (κ2) is 5.67. The largest absolute Gasteiger partial charge is 0.366 e. The van der Waals surface area contributed by atoms with Gasteiger partial charge < -0.3 is 5.73 Å². The fourth-order valence-corrected chi connectivity index (χ4v) is 2.09. The van der Waals surface area contributed by atoms with Crippen LogP contribution >= 0.6 is 0 Å². The predicted molar refractivity (Wildman–Crippen MR) is 72.8 cm³/mol. The zero-order valence-corrected chi connectivity index (χ0v) is 10.7. The minimum atomic E-state index is -0.446. The maximum absolute atomic E-state index is 11.3. The average Bonchev–Trinajstić information content (AvgIpc) is 2.38. The molecule has 1 aromatic rings. The Kier molecular flexibility index (Phi) is 3.97. The van der Waals surface area contributed by atoms with Gasteiger partial charge in [0, 0.05) is 18.0 Å². The molecule has 0 aromatic heterocycles. The predicted octanol–water partition coefficient (Wildman–Crippen LogP) is 0.828. The standard InChI is InChI=1S/C14H17N3O2/c1-9-8-13(18)17-16-12(9)7-6-10-4-2-3-5-11(10)14(15)19/h2-7,9,12,16H,8H2,1H3,(H2,15,19)(H,17,18)/b7-6+. The molecule has 2 unspecified atom stereocenters. The molecule has 1 aliphatic rings. The highest BCUT2D eigenvalue weighted by molar-refractivity contribution is 5.96. The number of primary amides is 1. The summed E-state index contributed by atoms with van der Waals surface area (Å²) in [5, 5.41) is 0. The van der Waals surface area contributed by atoms with Gasteiger partial charge in [0.15, 0.2) is 0 Å². The van der Waals surface area contributed by atoms with Crippen LogP contribution in [0, 0.1) is 5.92 Å². The maximum Gasteiger partial charge on any atom is 0.249 e. The molecule has 5 nitrogen and oxygen atoms in total. The number of carbonyl (C=O) groups is 2. The Labute approximate surface area is 111 Å². The Morgan fingerprint density at radius 1 is 1.42 bits per heavy atom. The van der Waals surface area contributed by atoms with E-state index in [1.807, 2.05) is 31.2 Å². The minimum Gasteiger partial charge on any atom is -0.366 e. The van der Waals surface area contributed by atoms with Crippen LogP contribution in [0.5, 0.6) is 0 Å². The van der Waals surface area contributed by atoms with Crippen molar-refractivity contribution in [1.29, 1.82) is 0 Å². The Morgan fingerprint density at radius 3 is 2.84 bits per heavy atom. The highest BCUT2D eigenvalue weighted by atomic mass is 16.2. The Bertz CT molecular complexity index is 525. The van der Waals surface area contributed by atoms with Gasteiger partial charge in [-0.1, -0.05) is 37.3 Å². The van der Waals surface area contributed by atoms with E-state index in [0.717, 1.165) is 5.56 Å². The summed E-state index contributed by atoms with van der Waals surface area (Å²) in [6.45, 7) is 2.00. The second-order valence-corrected chi connectivity index (χ2v) is 4.71. The van der Waals surface area contributed by atoms with Gasteiger partial charge in [0.2, 0.25) is 11.8 Å². The molecular formula is C14H17N3O2. The van der Waals surface area contributed by atoms with Crippen molar-refractivity contribution in [2.45, 2.75) is 19.4 Å². The maximum atomic E-state index is 11.3. The first-order valence-electron chi connectivity index (χ1n) is 6.19. The van der Waals surface area contributed by atoms with Crippen molar-refractivity contribution in [1.82, 2.24) is 10.9 Å². The van der Waals surface area contributed by atoms with E-state index < -0.39 is 5.91 Å². The monoisotopic (exact) mass is 259 g/mol. The van der Waals surface area contributed by atoms with Crippen molar-refractivity contribution < 1.29 is 9.59 Å². The van der Waals surface area contributed by atoms with Gasteiger partial charge >= 0.3 is 0 Å². The molecule has 4 N–H and O–H groups in total. The number of nitrogens with two attached hydrogens (primary N) is 1. The summed E-state index contributed by atoms with van der Waals surface area (Å²) in [5.74, 6) is -0.251. The van der Waals surface area contributed by atoms with Crippen molar-refractivity contribution in [3.63, 3.8) is 0 Å². The summed E-state index contributed by atoms with van der Waals surface area (Å²) in [6, 6.07) is 7.20. The van der Waals surface area contributed by atoms with E-state index in [4.69, 9.17) is 5.73 Å². The van der Waals surface area contributed by atoms with Gasteiger partial charge in [-0.3, -0.25) is 15.0 Å². The first-order valence-corrected chi connectivity index (χ1v) is 6.19. The highest BCUT2D eigenvalue weighted by Gasteiger charge is 2.22. The SMILES string of the molecule is CC1CC(=O)NNC1/C=C/c1ccccc1C(N)=O. The second-order valence-electron chi connectivity index (χ2n) is 4.71. The zero-order valence-electron chi connectivity index (χ0n) is 10.7. The topological polar surface area (TPSA) is 84.2 Å². The molecule has 1 aliphatic heterocycles. The fraction of sp³-hybridized carbons (Fsp3) is 0.286. The number of hydrogen-bond donors (Lipinski definition) is 3. The molecule has 2 amide bonds. The van der Waals surface area contributed by atoms with Crippen LogP contribution in [0.3, 0.4) is 0 Å². The van der Waals surface area contributed by atoms with Gasteiger partial charge in [-0.05, 0) is 17.5 Å². The molecule has 0 bridgehead atoms. The Hall–Kier alpha value is -2.14. The molecule has 1 aromatic carbocycles. The quantitative estimate of drug-likeness (QED) is 0.751. The summed E-state index contributed by atoms with van der Waals surface area (Å²) in [4.78, 5) is 22.5. The first kappa shape index (κ1) is 13.3. The van der Waals surface area contributed by atoms with Crippen LogP contribution in [0.4, 0.5) is 0 Å². The van der Waals surface area contributed by atoms with Gasteiger partial charge in [0.25, 0.3) is 0 Å². The van der Waals surface area contributed by atoms with Gasteiger partial charge in [0.1, 0.15) is 0 Å². The van der Waals surface area contributed by atoms with E-state index in [2.05, 4.69) is 10.9 Å². The third-order valence-electron chi connectivity index (χ3n) is 3.21. The van der Waals surface area contributed by atoms with Crippen LogP contribution in [0.1, 0.15) is 29.3 Å². The van der Waals surface area contributed by atoms with Crippen LogP contribution in [-0.4, -0.2) is 17.9 Å². The van der Waals surface area contributed by atoms with Crippen LogP contribution in [0.25, 0.3) is 6.08 Å². The van der Waals surface area contributed by atoms with Crippen LogP contribution in [-0.2, 0) is 4.79 Å². The van der Waals surface area contributed by atoms with Crippen molar-refractivity contribution in [3.8, 4) is 0 Å².